The molecule has 0 radical (unpaired) electrons. The Morgan fingerprint density at radius 1 is 1.07 bits per heavy atom. The van der Waals surface area contributed by atoms with Gasteiger partial charge >= 0.3 is 12.1 Å². The second kappa shape index (κ2) is 12.4. The number of nitrogens with one attached hydrogen (secondary N) is 1. The Morgan fingerprint density at radius 3 is 2.27 bits per heavy atom. The van der Waals surface area contributed by atoms with Gasteiger partial charge in [-0.25, -0.2) is 13.4 Å². The minimum atomic E-state index is -4.92. The van der Waals surface area contributed by atoms with Crippen LogP contribution in [0.4, 0.5) is 13.2 Å². The summed E-state index contributed by atoms with van der Waals surface area (Å²) in [7, 11) is -4.24. The molecule has 228 valence electrons. The Kier molecular flexibility index (Phi) is 10.00. The van der Waals surface area contributed by atoms with Crippen LogP contribution in [-0.4, -0.2) is 42.7 Å². The first-order valence-corrected chi connectivity index (χ1v) is 16.2. The van der Waals surface area contributed by atoms with Crippen molar-refractivity contribution in [2.45, 2.75) is 90.6 Å². The number of carbonyl (C=O) groups is 2. The van der Waals surface area contributed by atoms with Crippen molar-refractivity contribution in [3.05, 3.63) is 34.5 Å². The van der Waals surface area contributed by atoms with Crippen molar-refractivity contribution in [3.63, 3.8) is 0 Å². The van der Waals surface area contributed by atoms with E-state index in [2.05, 4.69) is 10.3 Å². The molecule has 1 aromatic heterocycles. The Labute approximate surface area is 243 Å². The highest BCUT2D eigenvalue weighted by Gasteiger charge is 2.39. The lowest BCUT2D eigenvalue weighted by Crippen LogP contribution is -2.31. The van der Waals surface area contributed by atoms with Crippen LogP contribution in [0, 0.1) is 16.7 Å². The molecule has 1 amide bonds. The SMILES string of the molecule is CC(C)(C)CS(=O)(=O)c1ccc(-c2sc(C(=O)NCCC(C)(C)C(=O)O)nc2CC2CCCCC2)cc1C(F)(F)F. The number of thiazole rings is 1. The number of nitrogens with zero attached hydrogens (tertiary/aromatic N) is 1. The molecule has 0 unspecified atom stereocenters. The number of aromatic nitrogens is 1. The van der Waals surface area contributed by atoms with Gasteiger partial charge in [0.25, 0.3) is 5.91 Å². The molecule has 1 saturated carbocycles. The minimum absolute atomic E-state index is 0.0666. The monoisotopic (exact) mass is 616 g/mol. The normalized spacial score (nSPS) is 15.6. The van der Waals surface area contributed by atoms with Crippen molar-refractivity contribution < 1.29 is 36.3 Å². The van der Waals surface area contributed by atoms with E-state index in [0.717, 1.165) is 55.6 Å². The molecule has 41 heavy (non-hydrogen) atoms. The highest BCUT2D eigenvalue weighted by molar-refractivity contribution is 7.91. The maximum absolute atomic E-state index is 14.2. The van der Waals surface area contributed by atoms with Crippen LogP contribution in [0.15, 0.2) is 23.1 Å². The van der Waals surface area contributed by atoms with Crippen molar-refractivity contribution in [2.75, 3.05) is 12.3 Å². The Bertz CT molecular complexity index is 1370. The molecule has 1 fully saturated rings. The van der Waals surface area contributed by atoms with E-state index in [1.165, 1.54) is 6.07 Å². The van der Waals surface area contributed by atoms with Gasteiger partial charge in [-0.1, -0.05) is 58.9 Å². The predicted octanol–water partition coefficient (Wildman–Crippen LogP) is 7.00. The number of sulfone groups is 1. The number of carboxylic acids is 1. The number of carboxylic acid groups (broad SMARTS) is 1. The van der Waals surface area contributed by atoms with Gasteiger partial charge in [0.2, 0.25) is 0 Å². The standard InChI is InChI=1S/C29H39F3N2O5S2/c1-27(2,3)17-41(38,39)22-12-11-19(16-20(22)29(30,31)32)23-21(15-18-9-7-6-8-10-18)34-25(40-23)24(35)33-14-13-28(4,5)26(36)37/h11-12,16,18H,6-10,13-15,17H2,1-5H3,(H,33,35)(H,36,37). The summed E-state index contributed by atoms with van der Waals surface area (Å²) in [6.07, 6.45) is 0.908. The maximum Gasteiger partial charge on any atom is 0.417 e. The number of amides is 1. The first-order chi connectivity index (χ1) is 18.8. The van der Waals surface area contributed by atoms with Crippen LogP contribution >= 0.6 is 11.3 Å². The molecule has 1 aliphatic rings. The fourth-order valence-corrected chi connectivity index (χ4v) is 8.05. The van der Waals surface area contributed by atoms with Crippen LogP contribution in [0.5, 0.6) is 0 Å². The number of hydrogen-bond donors (Lipinski definition) is 2. The predicted molar refractivity (Wildman–Crippen MR) is 153 cm³/mol. The van der Waals surface area contributed by atoms with E-state index >= 15 is 0 Å². The summed E-state index contributed by atoms with van der Waals surface area (Å²) >= 11 is 0.960. The van der Waals surface area contributed by atoms with Crippen LogP contribution in [0.1, 0.15) is 94.2 Å². The van der Waals surface area contributed by atoms with Crippen molar-refractivity contribution in [1.82, 2.24) is 10.3 Å². The fraction of sp³-hybridized carbons (Fsp3) is 0.621. The molecule has 2 N–H and O–H groups in total. The van der Waals surface area contributed by atoms with E-state index in [4.69, 9.17) is 0 Å². The first kappa shape index (κ1) is 33.0. The van der Waals surface area contributed by atoms with Crippen LogP contribution in [0.3, 0.4) is 0 Å². The minimum Gasteiger partial charge on any atom is -0.481 e. The van der Waals surface area contributed by atoms with Crippen molar-refractivity contribution in [1.29, 1.82) is 0 Å². The molecule has 2 aromatic rings. The third-order valence-corrected chi connectivity index (χ3v) is 10.6. The van der Waals surface area contributed by atoms with Crippen LogP contribution in [0.2, 0.25) is 0 Å². The summed E-state index contributed by atoms with van der Waals surface area (Å²) in [6, 6.07) is 3.22. The molecule has 0 aliphatic heterocycles. The van der Waals surface area contributed by atoms with Gasteiger partial charge in [0.05, 0.1) is 32.2 Å². The van der Waals surface area contributed by atoms with E-state index in [-0.39, 0.29) is 29.5 Å². The largest absolute Gasteiger partial charge is 0.481 e. The molecule has 1 heterocycles. The van der Waals surface area contributed by atoms with Crippen LogP contribution in [-0.2, 0) is 27.2 Å². The third-order valence-electron chi connectivity index (χ3n) is 7.22. The fourth-order valence-electron chi connectivity index (χ4n) is 4.96. The number of benzene rings is 1. The zero-order valence-corrected chi connectivity index (χ0v) is 25.8. The molecule has 3 rings (SSSR count). The summed E-state index contributed by atoms with van der Waals surface area (Å²) in [5.41, 5.74) is -2.36. The van der Waals surface area contributed by atoms with E-state index in [1.807, 2.05) is 0 Å². The summed E-state index contributed by atoms with van der Waals surface area (Å²) in [5, 5.41) is 12.1. The van der Waals surface area contributed by atoms with E-state index < -0.39 is 54.9 Å². The number of carbonyl (C=O) groups excluding carboxylic acids is 1. The van der Waals surface area contributed by atoms with Gasteiger partial charge in [-0.2, -0.15) is 13.2 Å². The van der Waals surface area contributed by atoms with Gasteiger partial charge in [0.15, 0.2) is 14.8 Å². The lowest BCUT2D eigenvalue weighted by Gasteiger charge is -2.22. The smallest absolute Gasteiger partial charge is 0.417 e. The zero-order valence-electron chi connectivity index (χ0n) is 24.2. The van der Waals surface area contributed by atoms with Gasteiger partial charge in [-0.3, -0.25) is 9.59 Å². The molecule has 12 heteroatoms. The Balaban J connectivity index is 2.02. The topological polar surface area (TPSA) is 113 Å². The average molecular weight is 617 g/mol. The summed E-state index contributed by atoms with van der Waals surface area (Å²) in [6.45, 7) is 8.14. The summed E-state index contributed by atoms with van der Waals surface area (Å²) < 4.78 is 68.7. The lowest BCUT2D eigenvalue weighted by atomic mass is 9.85. The Hall–Kier alpha value is -2.47. The van der Waals surface area contributed by atoms with Crippen molar-refractivity contribution >= 4 is 33.1 Å². The zero-order chi connectivity index (χ0) is 30.8. The molecule has 1 aliphatic carbocycles. The second-order valence-corrected chi connectivity index (χ2v) is 15.7. The maximum atomic E-state index is 14.2. The van der Waals surface area contributed by atoms with Crippen LogP contribution < -0.4 is 5.32 Å². The van der Waals surface area contributed by atoms with Gasteiger partial charge in [-0.05, 0) is 55.7 Å². The highest BCUT2D eigenvalue weighted by Crippen LogP contribution is 2.41. The third kappa shape index (κ3) is 8.76. The quantitative estimate of drug-likeness (QED) is 0.297. The lowest BCUT2D eigenvalue weighted by molar-refractivity contribution is -0.147. The molecule has 0 saturated heterocycles. The van der Waals surface area contributed by atoms with E-state index in [1.54, 1.807) is 34.6 Å². The first-order valence-electron chi connectivity index (χ1n) is 13.8. The van der Waals surface area contributed by atoms with Gasteiger partial charge in [0.1, 0.15) is 0 Å². The molecular formula is C29H39F3N2O5S2. The number of alkyl halides is 3. The second-order valence-electron chi connectivity index (χ2n) is 12.7. The number of rotatable bonds is 10. The number of hydrogen-bond acceptors (Lipinski definition) is 6. The van der Waals surface area contributed by atoms with Gasteiger partial charge in [-0.15, -0.1) is 11.3 Å². The Morgan fingerprint density at radius 2 is 1.71 bits per heavy atom. The van der Waals surface area contributed by atoms with E-state index in [0.29, 0.717) is 17.0 Å². The number of aliphatic carboxylic acids is 1. The number of halogens is 3. The van der Waals surface area contributed by atoms with E-state index in [9.17, 15) is 36.3 Å². The molecule has 7 nitrogen and oxygen atoms in total. The molecule has 0 spiro atoms. The molecule has 0 atom stereocenters. The van der Waals surface area contributed by atoms with Crippen molar-refractivity contribution in [3.8, 4) is 10.4 Å². The highest BCUT2D eigenvalue weighted by atomic mass is 32.2. The van der Waals surface area contributed by atoms with Crippen molar-refractivity contribution in [2.24, 2.45) is 16.7 Å². The summed E-state index contributed by atoms with van der Waals surface area (Å²) in [5.74, 6) is -1.69. The average Bonchev–Trinajstić information content (AvgIpc) is 3.26. The van der Waals surface area contributed by atoms with Crippen LogP contribution in [0.25, 0.3) is 10.4 Å². The molecular weight excluding hydrogens is 577 g/mol. The summed E-state index contributed by atoms with van der Waals surface area (Å²) in [4.78, 5) is 28.5. The van der Waals surface area contributed by atoms with Gasteiger partial charge in [0, 0.05) is 6.54 Å². The van der Waals surface area contributed by atoms with Gasteiger partial charge < -0.3 is 10.4 Å². The molecule has 1 aromatic carbocycles. The molecule has 0 bridgehead atoms.